The molecule has 0 fully saturated rings. The van der Waals surface area contributed by atoms with Crippen molar-refractivity contribution >= 4 is 23.2 Å². The largest absolute Gasteiger partial charge is 0.489 e. The molecule has 2 aromatic carbocycles. The topological polar surface area (TPSA) is 42.2 Å². The van der Waals surface area contributed by atoms with Crippen LogP contribution in [-0.4, -0.2) is 12.5 Å². The first-order valence-electron chi connectivity index (χ1n) is 6.31. The molecule has 0 aliphatic rings. The van der Waals surface area contributed by atoms with E-state index in [2.05, 4.69) is 0 Å². The highest BCUT2D eigenvalue weighted by molar-refractivity contribution is 6.32. The molecule has 0 radical (unpaired) electrons. The molecule has 0 aliphatic carbocycles. The van der Waals surface area contributed by atoms with Gasteiger partial charge in [-0.1, -0.05) is 29.3 Å². The highest BCUT2D eigenvalue weighted by Crippen LogP contribution is 2.35. The molecule has 0 amide bonds. The normalized spacial score (nSPS) is 10.0. The quantitative estimate of drug-likeness (QED) is 0.733. The molecule has 0 N–H and O–H groups in total. The van der Waals surface area contributed by atoms with Crippen molar-refractivity contribution in [2.75, 3.05) is 12.5 Å². The summed E-state index contributed by atoms with van der Waals surface area (Å²) >= 11 is 11.7. The molecular weight excluding hydrogens is 309 g/mol. The molecule has 0 aliphatic heterocycles. The van der Waals surface area contributed by atoms with Crippen LogP contribution >= 0.6 is 23.2 Å². The molecule has 0 bridgehead atoms. The Hall–Kier alpha value is -1.89. The lowest BCUT2D eigenvalue weighted by molar-refractivity contribution is 0.341. The molecule has 0 aromatic heterocycles. The molecule has 2 rings (SSSR count). The van der Waals surface area contributed by atoms with Crippen LogP contribution in [0.4, 0.5) is 0 Å². The summed E-state index contributed by atoms with van der Waals surface area (Å²) in [6, 6.07) is 12.9. The van der Waals surface area contributed by atoms with Gasteiger partial charge < -0.3 is 9.47 Å². The second-order valence-electron chi connectivity index (χ2n) is 4.35. The van der Waals surface area contributed by atoms with E-state index in [0.717, 1.165) is 5.56 Å². The Labute approximate surface area is 133 Å². The molecule has 0 unspecified atom stereocenters. The number of ether oxygens (including phenoxy) is 2. The molecular formula is C16H13Cl2NO2. The number of halogens is 2. The van der Waals surface area contributed by atoms with Gasteiger partial charge in [0.1, 0.15) is 24.2 Å². The van der Waals surface area contributed by atoms with Crippen LogP contribution in [0, 0.1) is 18.3 Å². The van der Waals surface area contributed by atoms with Crippen molar-refractivity contribution in [2.45, 2.75) is 6.92 Å². The molecule has 3 nitrogen and oxygen atoms in total. The summed E-state index contributed by atoms with van der Waals surface area (Å²) in [5.74, 6) is 1.81. The number of nitriles is 1. The van der Waals surface area contributed by atoms with Gasteiger partial charge in [-0.15, -0.1) is 11.6 Å². The van der Waals surface area contributed by atoms with Crippen LogP contribution in [0.2, 0.25) is 5.02 Å². The Morgan fingerprint density at radius 3 is 2.48 bits per heavy atom. The highest BCUT2D eigenvalue weighted by Gasteiger charge is 2.12. The predicted molar refractivity (Wildman–Crippen MR) is 83.6 cm³/mol. The highest BCUT2D eigenvalue weighted by atomic mass is 35.5. The van der Waals surface area contributed by atoms with Crippen LogP contribution < -0.4 is 9.47 Å². The number of nitrogens with zero attached hydrogens (tertiary/aromatic N) is 1. The first kappa shape index (κ1) is 15.5. The molecule has 108 valence electrons. The zero-order valence-electron chi connectivity index (χ0n) is 11.4. The van der Waals surface area contributed by atoms with Crippen molar-refractivity contribution in [1.29, 1.82) is 5.26 Å². The summed E-state index contributed by atoms with van der Waals surface area (Å²) < 4.78 is 11.1. The number of hydrogen-bond donors (Lipinski definition) is 0. The van der Waals surface area contributed by atoms with Crippen molar-refractivity contribution in [1.82, 2.24) is 0 Å². The molecule has 0 spiro atoms. The van der Waals surface area contributed by atoms with Crippen LogP contribution in [0.5, 0.6) is 17.2 Å². The third-order valence-electron chi connectivity index (χ3n) is 2.72. The number of aryl methyl sites for hydroxylation is 1. The fourth-order valence-corrected chi connectivity index (χ4v) is 2.08. The Morgan fingerprint density at radius 1 is 1.14 bits per heavy atom. The van der Waals surface area contributed by atoms with Gasteiger partial charge in [-0.2, -0.15) is 5.26 Å². The van der Waals surface area contributed by atoms with Crippen molar-refractivity contribution < 1.29 is 9.47 Å². The SMILES string of the molecule is Cc1ccc(Oc2cc(Cl)c(OCCCl)c(C#N)c2)cc1. The Bertz CT molecular complexity index is 663. The van der Waals surface area contributed by atoms with Crippen LogP contribution in [0.1, 0.15) is 11.1 Å². The smallest absolute Gasteiger partial charge is 0.155 e. The van der Waals surface area contributed by atoms with Crippen LogP contribution in [-0.2, 0) is 0 Å². The Kier molecular flexibility index (Phi) is 5.32. The summed E-state index contributed by atoms with van der Waals surface area (Å²) in [6.07, 6.45) is 0. The molecule has 0 saturated heterocycles. The van der Waals surface area contributed by atoms with Gasteiger partial charge in [0.15, 0.2) is 5.75 Å². The van der Waals surface area contributed by atoms with Gasteiger partial charge in [0.25, 0.3) is 0 Å². The summed E-state index contributed by atoms with van der Waals surface area (Å²) in [7, 11) is 0. The van der Waals surface area contributed by atoms with Crippen LogP contribution in [0.25, 0.3) is 0 Å². The minimum absolute atomic E-state index is 0.286. The second kappa shape index (κ2) is 7.21. The van der Waals surface area contributed by atoms with Crippen LogP contribution in [0.15, 0.2) is 36.4 Å². The minimum atomic E-state index is 0.286. The summed E-state index contributed by atoms with van der Waals surface area (Å²) in [4.78, 5) is 0. The summed E-state index contributed by atoms with van der Waals surface area (Å²) in [6.45, 7) is 2.28. The van der Waals surface area contributed by atoms with E-state index in [0.29, 0.717) is 33.7 Å². The van der Waals surface area contributed by atoms with E-state index in [1.807, 2.05) is 37.3 Å². The standard InChI is InChI=1S/C16H13Cl2NO2/c1-11-2-4-13(5-3-11)21-14-8-12(10-19)16(15(18)9-14)20-7-6-17/h2-5,8-9H,6-7H2,1H3. The molecule has 2 aromatic rings. The maximum Gasteiger partial charge on any atom is 0.155 e. The van der Waals surface area contributed by atoms with Crippen molar-refractivity contribution in [3.05, 3.63) is 52.5 Å². The average molecular weight is 322 g/mol. The number of alkyl halides is 1. The summed E-state index contributed by atoms with van der Waals surface area (Å²) in [5, 5.41) is 9.51. The van der Waals surface area contributed by atoms with Crippen molar-refractivity contribution in [3.63, 3.8) is 0 Å². The maximum atomic E-state index is 9.19. The number of hydrogen-bond acceptors (Lipinski definition) is 3. The number of benzene rings is 2. The third kappa shape index (κ3) is 4.04. The van der Waals surface area contributed by atoms with Gasteiger partial charge in [-0.3, -0.25) is 0 Å². The molecule has 5 heteroatoms. The summed E-state index contributed by atoms with van der Waals surface area (Å²) in [5.41, 5.74) is 1.46. The van der Waals surface area contributed by atoms with Crippen molar-refractivity contribution in [3.8, 4) is 23.3 Å². The van der Waals surface area contributed by atoms with E-state index >= 15 is 0 Å². The predicted octanol–water partition coefficient (Wildman–Crippen LogP) is 4.93. The van der Waals surface area contributed by atoms with Gasteiger partial charge in [0.05, 0.1) is 16.5 Å². The van der Waals surface area contributed by atoms with Gasteiger partial charge >= 0.3 is 0 Å². The fraction of sp³-hybridized carbons (Fsp3) is 0.188. The molecule has 21 heavy (non-hydrogen) atoms. The van der Waals surface area contributed by atoms with Crippen LogP contribution in [0.3, 0.4) is 0 Å². The average Bonchev–Trinajstić information content (AvgIpc) is 2.48. The lowest BCUT2D eigenvalue weighted by Crippen LogP contribution is -2.01. The first-order chi connectivity index (χ1) is 10.1. The van der Waals surface area contributed by atoms with E-state index < -0.39 is 0 Å². The zero-order valence-corrected chi connectivity index (χ0v) is 12.9. The van der Waals surface area contributed by atoms with E-state index in [9.17, 15) is 5.26 Å². The first-order valence-corrected chi connectivity index (χ1v) is 7.22. The van der Waals surface area contributed by atoms with E-state index in [-0.39, 0.29) is 6.61 Å². The van der Waals surface area contributed by atoms with Gasteiger partial charge in [-0.25, -0.2) is 0 Å². The van der Waals surface area contributed by atoms with E-state index in [1.165, 1.54) is 0 Å². The lowest BCUT2D eigenvalue weighted by Gasteiger charge is -2.11. The maximum absolute atomic E-state index is 9.19. The molecule has 0 atom stereocenters. The van der Waals surface area contributed by atoms with E-state index in [4.69, 9.17) is 32.7 Å². The van der Waals surface area contributed by atoms with Gasteiger partial charge in [0, 0.05) is 12.1 Å². The zero-order chi connectivity index (χ0) is 15.2. The van der Waals surface area contributed by atoms with Gasteiger partial charge in [-0.05, 0) is 19.1 Å². The van der Waals surface area contributed by atoms with Gasteiger partial charge in [0.2, 0.25) is 0 Å². The Morgan fingerprint density at radius 2 is 1.86 bits per heavy atom. The van der Waals surface area contributed by atoms with Crippen molar-refractivity contribution in [2.24, 2.45) is 0 Å². The molecule has 0 saturated carbocycles. The second-order valence-corrected chi connectivity index (χ2v) is 5.13. The third-order valence-corrected chi connectivity index (χ3v) is 3.15. The fourth-order valence-electron chi connectivity index (χ4n) is 1.74. The molecule has 0 heterocycles. The monoisotopic (exact) mass is 321 g/mol. The lowest BCUT2D eigenvalue weighted by atomic mass is 10.2. The van der Waals surface area contributed by atoms with E-state index in [1.54, 1.807) is 12.1 Å². The minimum Gasteiger partial charge on any atom is -0.489 e. The Balaban J connectivity index is 2.27. The number of rotatable bonds is 5.